The number of rotatable bonds is 7. The van der Waals surface area contributed by atoms with Gasteiger partial charge in [-0.3, -0.25) is 0 Å². The molecule has 0 aromatic carbocycles. The number of hydrogen-bond donors (Lipinski definition) is 0. The molecule has 0 unspecified atom stereocenters. The molecule has 5 nitrogen and oxygen atoms in total. The van der Waals surface area contributed by atoms with Gasteiger partial charge in [0, 0.05) is 12.5 Å². The summed E-state index contributed by atoms with van der Waals surface area (Å²) in [4.78, 5) is 4.42. The van der Waals surface area contributed by atoms with E-state index in [2.05, 4.69) is 29.1 Å². The zero-order valence-corrected chi connectivity index (χ0v) is 12.4. The summed E-state index contributed by atoms with van der Waals surface area (Å²) in [6, 6.07) is 1.94. The van der Waals surface area contributed by atoms with Crippen LogP contribution in [0, 0.1) is 6.92 Å². The molecule has 1 atom stereocenters. The Labute approximate surface area is 117 Å². The van der Waals surface area contributed by atoms with Gasteiger partial charge in [-0.15, -0.1) is 11.8 Å². The van der Waals surface area contributed by atoms with Crippen molar-refractivity contribution in [3.8, 4) is 0 Å². The lowest BCUT2D eigenvalue weighted by atomic mass is 10.2. The van der Waals surface area contributed by atoms with Gasteiger partial charge >= 0.3 is 0 Å². The van der Waals surface area contributed by atoms with Crippen molar-refractivity contribution in [2.75, 3.05) is 0 Å². The van der Waals surface area contributed by atoms with Crippen LogP contribution in [0.25, 0.3) is 0 Å². The summed E-state index contributed by atoms with van der Waals surface area (Å²) < 4.78 is 10.5. The van der Waals surface area contributed by atoms with E-state index in [1.807, 2.05) is 13.0 Å². The molecule has 2 heterocycles. The average Bonchev–Trinajstić information content (AvgIpc) is 3.02. The van der Waals surface area contributed by atoms with E-state index in [4.69, 9.17) is 9.05 Å². The highest BCUT2D eigenvalue weighted by atomic mass is 32.2. The zero-order valence-electron chi connectivity index (χ0n) is 11.5. The number of hydrogen-bond acceptors (Lipinski definition) is 6. The highest BCUT2D eigenvalue weighted by molar-refractivity contribution is 7.98. The molecule has 0 saturated heterocycles. The van der Waals surface area contributed by atoms with Gasteiger partial charge in [-0.25, -0.2) is 0 Å². The maximum atomic E-state index is 5.29. The quantitative estimate of drug-likeness (QED) is 0.771. The van der Waals surface area contributed by atoms with Crippen molar-refractivity contribution in [1.82, 2.24) is 15.3 Å². The summed E-state index contributed by atoms with van der Waals surface area (Å²) >= 11 is 1.70. The fraction of sp³-hybridized carbons (Fsp3) is 0.615. The first kappa shape index (κ1) is 14.1. The van der Waals surface area contributed by atoms with Gasteiger partial charge in [-0.2, -0.15) is 4.98 Å². The molecule has 6 heteroatoms. The minimum Gasteiger partial charge on any atom is -0.360 e. The van der Waals surface area contributed by atoms with Crippen molar-refractivity contribution in [2.24, 2.45) is 0 Å². The second-order valence-corrected chi connectivity index (χ2v) is 5.87. The monoisotopic (exact) mass is 281 g/mol. The van der Waals surface area contributed by atoms with E-state index in [0.29, 0.717) is 5.89 Å². The number of thioether (sulfide) groups is 1. The molecule has 0 aliphatic heterocycles. The minimum absolute atomic E-state index is 0.160. The topological polar surface area (TPSA) is 65.0 Å². The van der Waals surface area contributed by atoms with Gasteiger partial charge in [0.25, 0.3) is 0 Å². The molecule has 0 aliphatic rings. The Hall–Kier alpha value is -1.30. The predicted molar refractivity (Wildman–Crippen MR) is 73.9 cm³/mol. The van der Waals surface area contributed by atoms with Crippen LogP contribution in [-0.2, 0) is 12.2 Å². The van der Waals surface area contributed by atoms with Gasteiger partial charge in [0.1, 0.15) is 5.76 Å². The molecule has 19 heavy (non-hydrogen) atoms. The van der Waals surface area contributed by atoms with Crippen LogP contribution in [0.1, 0.15) is 55.1 Å². The van der Waals surface area contributed by atoms with Crippen LogP contribution in [0.15, 0.2) is 15.1 Å². The van der Waals surface area contributed by atoms with E-state index in [1.54, 1.807) is 11.8 Å². The molecule has 2 aromatic rings. The molecular formula is C13H19N3O2S. The third kappa shape index (κ3) is 4.09. The molecule has 0 bridgehead atoms. The van der Waals surface area contributed by atoms with Gasteiger partial charge in [0.05, 0.1) is 16.7 Å². The van der Waals surface area contributed by atoms with Crippen molar-refractivity contribution in [1.29, 1.82) is 0 Å². The largest absolute Gasteiger partial charge is 0.360 e. The summed E-state index contributed by atoms with van der Waals surface area (Å²) in [6.07, 6.45) is 3.12. The first-order chi connectivity index (χ1) is 9.19. The van der Waals surface area contributed by atoms with Gasteiger partial charge in [-0.05, 0) is 20.3 Å². The van der Waals surface area contributed by atoms with Gasteiger partial charge in [-0.1, -0.05) is 23.7 Å². The molecule has 0 N–H and O–H groups in total. The lowest BCUT2D eigenvalue weighted by Crippen LogP contribution is -1.92. The maximum Gasteiger partial charge on any atom is 0.239 e. The summed E-state index contributed by atoms with van der Waals surface area (Å²) in [5.41, 5.74) is 0.905. The van der Waals surface area contributed by atoms with Crippen LogP contribution in [0.3, 0.4) is 0 Å². The van der Waals surface area contributed by atoms with Crippen molar-refractivity contribution in [2.45, 2.75) is 51.0 Å². The van der Waals surface area contributed by atoms with E-state index in [9.17, 15) is 0 Å². The highest BCUT2D eigenvalue weighted by Gasteiger charge is 2.15. The Morgan fingerprint density at radius 2 is 2.16 bits per heavy atom. The van der Waals surface area contributed by atoms with Crippen LogP contribution in [0.2, 0.25) is 0 Å². The lowest BCUT2D eigenvalue weighted by molar-refractivity contribution is 0.373. The molecule has 0 amide bonds. The van der Waals surface area contributed by atoms with Gasteiger partial charge < -0.3 is 9.05 Å². The minimum atomic E-state index is 0.160. The summed E-state index contributed by atoms with van der Waals surface area (Å²) in [7, 11) is 0. The Kier molecular flexibility index (Phi) is 5.01. The van der Waals surface area contributed by atoms with Crippen molar-refractivity contribution in [3.63, 3.8) is 0 Å². The Morgan fingerprint density at radius 3 is 2.84 bits per heavy atom. The highest BCUT2D eigenvalue weighted by Crippen LogP contribution is 2.30. The maximum absolute atomic E-state index is 5.29. The Morgan fingerprint density at radius 1 is 1.32 bits per heavy atom. The van der Waals surface area contributed by atoms with Crippen LogP contribution in [0.5, 0.6) is 0 Å². The lowest BCUT2D eigenvalue weighted by Gasteiger charge is -2.03. The second-order valence-electron chi connectivity index (χ2n) is 4.54. The van der Waals surface area contributed by atoms with E-state index in [-0.39, 0.29) is 5.25 Å². The molecule has 0 radical (unpaired) electrons. The van der Waals surface area contributed by atoms with Gasteiger partial charge in [0.15, 0.2) is 5.82 Å². The van der Waals surface area contributed by atoms with E-state index < -0.39 is 0 Å². The van der Waals surface area contributed by atoms with Crippen LogP contribution in [0.4, 0.5) is 0 Å². The van der Waals surface area contributed by atoms with E-state index in [1.165, 1.54) is 0 Å². The number of aromatic nitrogens is 3. The molecular weight excluding hydrogens is 262 g/mol. The standard InChI is InChI=1S/C13H19N3O2S/c1-4-5-6-12-14-13(18-16-12)10(3)19-8-11-7-9(2)15-17-11/h7,10H,4-6,8H2,1-3H3/t10-/m0/s1. The smallest absolute Gasteiger partial charge is 0.239 e. The molecule has 0 saturated carbocycles. The predicted octanol–water partition coefficient (Wildman–Crippen LogP) is 3.70. The Balaban J connectivity index is 1.85. The molecule has 0 aliphatic carbocycles. The fourth-order valence-corrected chi connectivity index (χ4v) is 2.42. The van der Waals surface area contributed by atoms with Crippen LogP contribution >= 0.6 is 11.8 Å². The number of aryl methyl sites for hydroxylation is 2. The summed E-state index contributed by atoms with van der Waals surface area (Å²) in [5.74, 6) is 3.13. The summed E-state index contributed by atoms with van der Waals surface area (Å²) in [6.45, 7) is 6.13. The summed E-state index contributed by atoms with van der Waals surface area (Å²) in [5, 5.41) is 8.02. The Bertz CT molecular complexity index is 509. The first-order valence-corrected chi connectivity index (χ1v) is 7.60. The van der Waals surface area contributed by atoms with Crippen molar-refractivity contribution >= 4 is 11.8 Å². The third-order valence-corrected chi connectivity index (χ3v) is 3.89. The zero-order chi connectivity index (χ0) is 13.7. The van der Waals surface area contributed by atoms with Crippen molar-refractivity contribution < 1.29 is 9.05 Å². The molecule has 104 valence electrons. The average molecular weight is 281 g/mol. The molecule has 0 spiro atoms. The second kappa shape index (κ2) is 6.75. The molecule has 2 aromatic heterocycles. The molecule has 2 rings (SSSR count). The van der Waals surface area contributed by atoms with Gasteiger partial charge in [0.2, 0.25) is 5.89 Å². The normalized spacial score (nSPS) is 12.8. The van der Waals surface area contributed by atoms with E-state index in [0.717, 1.165) is 42.3 Å². The van der Waals surface area contributed by atoms with Crippen LogP contribution < -0.4 is 0 Å². The third-order valence-electron chi connectivity index (χ3n) is 2.74. The molecule has 0 fully saturated rings. The fourth-order valence-electron chi connectivity index (χ4n) is 1.63. The van der Waals surface area contributed by atoms with Crippen LogP contribution in [-0.4, -0.2) is 15.3 Å². The van der Waals surface area contributed by atoms with Crippen molar-refractivity contribution in [3.05, 3.63) is 29.2 Å². The number of unbranched alkanes of at least 4 members (excludes halogenated alkanes) is 1. The number of nitrogens with zero attached hydrogens (tertiary/aromatic N) is 3. The first-order valence-electron chi connectivity index (χ1n) is 6.55. The van der Waals surface area contributed by atoms with E-state index >= 15 is 0 Å². The SMILES string of the molecule is CCCCc1noc([C@H](C)SCc2cc(C)no2)n1.